The van der Waals surface area contributed by atoms with E-state index >= 15 is 0 Å². The van der Waals surface area contributed by atoms with Gasteiger partial charge < -0.3 is 15.5 Å². The van der Waals surface area contributed by atoms with Crippen molar-refractivity contribution in [1.29, 1.82) is 0 Å². The monoisotopic (exact) mass is 471 g/mol. The Labute approximate surface area is 200 Å². The van der Waals surface area contributed by atoms with Crippen LogP contribution in [0.3, 0.4) is 0 Å². The molecule has 1 amide bonds. The number of halogens is 1. The maximum atomic E-state index is 13.3. The lowest BCUT2D eigenvalue weighted by Gasteiger charge is -2.20. The average molecular weight is 471 g/mol. The number of aldehydes is 1. The molecule has 4 heterocycles. The van der Waals surface area contributed by atoms with Gasteiger partial charge in [0.25, 0.3) is 5.91 Å². The van der Waals surface area contributed by atoms with Crippen LogP contribution in [0.25, 0.3) is 16.9 Å². The first-order valence-electron chi connectivity index (χ1n) is 11.4. The third-order valence-corrected chi connectivity index (χ3v) is 6.49. The van der Waals surface area contributed by atoms with Gasteiger partial charge in [-0.15, -0.1) is 5.10 Å². The molecule has 0 saturated heterocycles. The van der Waals surface area contributed by atoms with Crippen molar-refractivity contribution in [2.45, 2.75) is 25.1 Å². The number of pyridine rings is 1. The normalized spacial score (nSPS) is 18.4. The van der Waals surface area contributed by atoms with Crippen LogP contribution < -0.4 is 15.5 Å². The van der Waals surface area contributed by atoms with Crippen LogP contribution in [0.15, 0.2) is 48.8 Å². The second-order valence-electron chi connectivity index (χ2n) is 8.68. The number of anilines is 3. The summed E-state index contributed by atoms with van der Waals surface area (Å²) in [5.74, 6) is 0.257. The number of rotatable bonds is 6. The second-order valence-corrected chi connectivity index (χ2v) is 8.68. The van der Waals surface area contributed by atoms with Crippen molar-refractivity contribution in [3.05, 3.63) is 65.6 Å². The van der Waals surface area contributed by atoms with Crippen LogP contribution in [-0.4, -0.2) is 57.6 Å². The van der Waals surface area contributed by atoms with E-state index in [2.05, 4.69) is 25.5 Å². The SMILES string of the molecule is CNc1cc(N2CCc3c(-c4ccc(C=O)cn4)cccc32)nn2c(C(=O)N[C@@H]3C[C@@H]3F)cnc12. The number of alkyl halides is 1. The molecule has 3 aromatic heterocycles. The third-order valence-electron chi connectivity index (χ3n) is 6.49. The summed E-state index contributed by atoms with van der Waals surface area (Å²) in [6.45, 7) is 0.697. The number of hydrogen-bond donors (Lipinski definition) is 2. The van der Waals surface area contributed by atoms with Gasteiger partial charge in [0.15, 0.2) is 23.4 Å². The molecule has 1 saturated carbocycles. The molecule has 176 valence electrons. The van der Waals surface area contributed by atoms with Crippen molar-refractivity contribution in [3.63, 3.8) is 0 Å². The Balaban J connectivity index is 1.40. The Morgan fingerprint density at radius 1 is 1.20 bits per heavy atom. The van der Waals surface area contributed by atoms with Crippen molar-refractivity contribution in [3.8, 4) is 11.3 Å². The lowest BCUT2D eigenvalue weighted by molar-refractivity contribution is 0.0940. The van der Waals surface area contributed by atoms with E-state index in [0.717, 1.165) is 40.9 Å². The minimum atomic E-state index is -0.992. The van der Waals surface area contributed by atoms with Gasteiger partial charge in [0.2, 0.25) is 0 Å². The van der Waals surface area contributed by atoms with Crippen LogP contribution in [0, 0.1) is 0 Å². The number of carbonyl (C=O) groups is 2. The van der Waals surface area contributed by atoms with E-state index in [-0.39, 0.29) is 5.69 Å². The van der Waals surface area contributed by atoms with Crippen LogP contribution in [0.1, 0.15) is 32.8 Å². The molecule has 2 aliphatic rings. The summed E-state index contributed by atoms with van der Waals surface area (Å²) in [6, 6.07) is 11.1. The molecule has 2 atom stereocenters. The van der Waals surface area contributed by atoms with Gasteiger partial charge in [-0.3, -0.25) is 14.6 Å². The highest BCUT2D eigenvalue weighted by molar-refractivity contribution is 5.94. The van der Waals surface area contributed by atoms with Crippen molar-refractivity contribution in [2.75, 3.05) is 23.8 Å². The lowest BCUT2D eigenvalue weighted by atomic mass is 10.0. The van der Waals surface area contributed by atoms with E-state index < -0.39 is 18.1 Å². The minimum Gasteiger partial charge on any atom is -0.385 e. The number of hydrogen-bond acceptors (Lipinski definition) is 7. The molecular formula is C25H22FN7O2. The Morgan fingerprint density at radius 2 is 2.06 bits per heavy atom. The summed E-state index contributed by atoms with van der Waals surface area (Å²) in [5.41, 5.74) is 5.97. The van der Waals surface area contributed by atoms with Gasteiger partial charge in [-0.05, 0) is 30.2 Å². The van der Waals surface area contributed by atoms with E-state index in [1.807, 2.05) is 30.3 Å². The fourth-order valence-corrected chi connectivity index (χ4v) is 4.53. The van der Waals surface area contributed by atoms with E-state index in [4.69, 9.17) is 5.10 Å². The Morgan fingerprint density at radius 3 is 2.77 bits per heavy atom. The van der Waals surface area contributed by atoms with E-state index in [1.54, 1.807) is 19.3 Å². The molecule has 0 unspecified atom stereocenters. The number of aromatic nitrogens is 4. The van der Waals surface area contributed by atoms with Crippen molar-refractivity contribution >= 4 is 35.0 Å². The van der Waals surface area contributed by atoms with Crippen molar-refractivity contribution < 1.29 is 14.0 Å². The first-order chi connectivity index (χ1) is 17.1. The van der Waals surface area contributed by atoms with Gasteiger partial charge in [-0.2, -0.15) is 0 Å². The quantitative estimate of drug-likeness (QED) is 0.416. The zero-order valence-corrected chi connectivity index (χ0v) is 18.9. The summed E-state index contributed by atoms with van der Waals surface area (Å²) in [6.07, 6.45) is 3.94. The molecule has 4 aromatic rings. The molecular weight excluding hydrogens is 449 g/mol. The Kier molecular flexibility index (Phi) is 4.94. The minimum absolute atomic E-state index is 0.255. The first-order valence-corrected chi connectivity index (χ1v) is 11.4. The number of nitrogens with zero attached hydrogens (tertiary/aromatic N) is 5. The zero-order chi connectivity index (χ0) is 24.1. The van der Waals surface area contributed by atoms with Crippen LogP contribution in [0.2, 0.25) is 0 Å². The highest BCUT2D eigenvalue weighted by atomic mass is 19.1. The van der Waals surface area contributed by atoms with Gasteiger partial charge >= 0.3 is 0 Å². The predicted octanol–water partition coefficient (Wildman–Crippen LogP) is 3.18. The molecule has 0 bridgehead atoms. The fourth-order valence-electron chi connectivity index (χ4n) is 4.53. The van der Waals surface area contributed by atoms with E-state index in [1.165, 1.54) is 10.7 Å². The second kappa shape index (κ2) is 8.15. The van der Waals surface area contributed by atoms with Gasteiger partial charge in [0.05, 0.1) is 23.6 Å². The van der Waals surface area contributed by atoms with E-state index in [9.17, 15) is 14.0 Å². The van der Waals surface area contributed by atoms with Crippen LogP contribution in [0.5, 0.6) is 0 Å². The summed E-state index contributed by atoms with van der Waals surface area (Å²) < 4.78 is 14.8. The summed E-state index contributed by atoms with van der Waals surface area (Å²) >= 11 is 0. The summed E-state index contributed by atoms with van der Waals surface area (Å²) in [7, 11) is 1.79. The van der Waals surface area contributed by atoms with E-state index in [0.29, 0.717) is 30.0 Å². The molecule has 0 spiro atoms. The number of benzene rings is 1. The number of nitrogens with one attached hydrogen (secondary N) is 2. The largest absolute Gasteiger partial charge is 0.385 e. The molecule has 1 fully saturated rings. The van der Waals surface area contributed by atoms with Gasteiger partial charge in [0.1, 0.15) is 6.17 Å². The Bertz CT molecular complexity index is 1470. The predicted molar refractivity (Wildman–Crippen MR) is 129 cm³/mol. The van der Waals surface area contributed by atoms with Gasteiger partial charge in [0, 0.05) is 49.1 Å². The molecule has 1 aromatic carbocycles. The van der Waals surface area contributed by atoms with Crippen molar-refractivity contribution in [2.24, 2.45) is 0 Å². The molecule has 1 aliphatic carbocycles. The van der Waals surface area contributed by atoms with Gasteiger partial charge in [-0.1, -0.05) is 12.1 Å². The molecule has 35 heavy (non-hydrogen) atoms. The number of imidazole rings is 1. The van der Waals surface area contributed by atoms with Crippen molar-refractivity contribution in [1.82, 2.24) is 24.9 Å². The number of carbonyl (C=O) groups excluding carboxylic acids is 2. The highest BCUT2D eigenvalue weighted by Gasteiger charge is 2.39. The third kappa shape index (κ3) is 3.58. The number of fused-ring (bicyclic) bond motifs is 2. The van der Waals surface area contributed by atoms with Crippen LogP contribution in [-0.2, 0) is 6.42 Å². The van der Waals surface area contributed by atoms with Crippen LogP contribution in [0.4, 0.5) is 21.6 Å². The Hall–Kier alpha value is -4.34. The smallest absolute Gasteiger partial charge is 0.271 e. The molecule has 2 N–H and O–H groups in total. The molecule has 6 rings (SSSR count). The average Bonchev–Trinajstić information content (AvgIpc) is 3.26. The van der Waals surface area contributed by atoms with Gasteiger partial charge in [-0.25, -0.2) is 13.9 Å². The zero-order valence-electron chi connectivity index (χ0n) is 18.9. The summed E-state index contributed by atoms with van der Waals surface area (Å²) in [5, 5.41) is 10.6. The molecule has 1 aliphatic heterocycles. The standard InChI is InChI=1S/C25H22FN7O2/c1-27-20-10-23(31-33-22(12-29-24(20)33)25(35)30-19-9-17(19)26)32-8-7-16-15(3-2-4-21(16)32)18-6-5-14(13-34)11-28-18/h2-6,10-13,17,19,27H,7-9H2,1H3,(H,30,35)/t17-,19+/m0/s1. The summed E-state index contributed by atoms with van der Waals surface area (Å²) in [4.78, 5) is 34.7. The topological polar surface area (TPSA) is 105 Å². The molecule has 9 nitrogen and oxygen atoms in total. The lowest BCUT2D eigenvalue weighted by Crippen LogP contribution is -2.28. The fraction of sp³-hybridized carbons (Fsp3) is 0.240. The maximum Gasteiger partial charge on any atom is 0.271 e. The van der Waals surface area contributed by atoms with Crippen LogP contribution >= 0.6 is 0 Å². The number of amides is 1. The maximum absolute atomic E-state index is 13.3. The molecule has 0 radical (unpaired) electrons. The first kappa shape index (κ1) is 21.2. The highest BCUT2D eigenvalue weighted by Crippen LogP contribution is 2.39. The molecule has 10 heteroatoms.